The summed E-state index contributed by atoms with van der Waals surface area (Å²) in [5.74, 6) is 0.0926. The van der Waals surface area contributed by atoms with Gasteiger partial charge >= 0.3 is 0 Å². The summed E-state index contributed by atoms with van der Waals surface area (Å²) in [6.07, 6.45) is 0. The van der Waals surface area contributed by atoms with Gasteiger partial charge in [0.1, 0.15) is 0 Å². The van der Waals surface area contributed by atoms with Gasteiger partial charge in [0.25, 0.3) is 0 Å². The van der Waals surface area contributed by atoms with Crippen LogP contribution in [0.1, 0.15) is 6.92 Å². The van der Waals surface area contributed by atoms with Gasteiger partial charge in [-0.1, -0.05) is 0 Å². The first-order valence-electron chi connectivity index (χ1n) is 1.82. The zero-order valence-electron chi connectivity index (χ0n) is 5.26. The molecule has 0 unspecified atom stereocenters. The van der Waals surface area contributed by atoms with E-state index >= 15 is 0 Å². The highest BCUT2D eigenvalue weighted by molar-refractivity contribution is 5.85. The summed E-state index contributed by atoms with van der Waals surface area (Å²) < 4.78 is 0. The van der Waals surface area contributed by atoms with Crippen molar-refractivity contribution in [2.75, 3.05) is 14.1 Å². The Morgan fingerprint density at radius 1 is 1.38 bits per heavy atom. The van der Waals surface area contributed by atoms with Crippen LogP contribution in [0.25, 0.3) is 0 Å². The van der Waals surface area contributed by atoms with Gasteiger partial charge in [-0.2, -0.15) is 0 Å². The van der Waals surface area contributed by atoms with Crippen molar-refractivity contribution in [1.29, 1.82) is 0 Å². The van der Waals surface area contributed by atoms with Crippen molar-refractivity contribution in [2.45, 2.75) is 6.92 Å². The Morgan fingerprint density at radius 2 is 1.50 bits per heavy atom. The molecule has 0 rings (SSSR count). The Balaban J connectivity index is -0.000000125. The Kier molecular flexibility index (Phi) is 13.1. The van der Waals surface area contributed by atoms with Gasteiger partial charge in [-0.25, -0.2) is 0 Å². The van der Waals surface area contributed by atoms with Gasteiger partial charge in [-0.05, 0) is 0 Å². The molecule has 0 aromatic heterocycles. The fourth-order valence-electron chi connectivity index (χ4n) is 0. The summed E-state index contributed by atoms with van der Waals surface area (Å²) in [6, 6.07) is 0. The smallest absolute Gasteiger partial charge is 0.218 e. The molecule has 0 aromatic rings. The van der Waals surface area contributed by atoms with Crippen molar-refractivity contribution in [1.82, 2.24) is 4.90 Å². The molecule has 0 saturated carbocycles. The van der Waals surface area contributed by atoms with E-state index in [4.69, 9.17) is 0 Å². The quantitative estimate of drug-likeness (QED) is 0.457. The second-order valence-electron chi connectivity index (χ2n) is 1.41. The highest BCUT2D eigenvalue weighted by Gasteiger charge is 1.87. The Morgan fingerprint density at radius 3 is 1.50 bits per heavy atom. The number of nitrogens with zero attached hydrogens (tertiary/aromatic N) is 1. The summed E-state index contributed by atoms with van der Waals surface area (Å²) in [6.45, 7) is 1.53. The van der Waals surface area contributed by atoms with Crippen LogP contribution in [-0.4, -0.2) is 30.4 Å². The van der Waals surface area contributed by atoms with E-state index < -0.39 is 0 Å². The van der Waals surface area contributed by atoms with Crippen molar-refractivity contribution in [2.24, 2.45) is 0 Å². The van der Waals surface area contributed by atoms with E-state index in [2.05, 4.69) is 0 Å². The first-order valence-corrected chi connectivity index (χ1v) is 1.82. The van der Waals surface area contributed by atoms with E-state index in [-0.39, 0.29) is 23.8 Å². The topological polar surface area (TPSA) is 51.8 Å². The average Bonchev–Trinajstić information content (AvgIpc) is 1.36. The molecule has 0 spiro atoms. The molecule has 1 amide bonds. The standard InChI is InChI=1S/C4H9NO.ClH.H2O/c1-4(6)5(2)3;;/h1-3H3;1H;1H2. The minimum absolute atomic E-state index is 0. The fourth-order valence-corrected chi connectivity index (χ4v) is 0. The lowest BCUT2D eigenvalue weighted by molar-refractivity contribution is -0.126. The third kappa shape index (κ3) is 9.21. The average molecular weight is 142 g/mol. The van der Waals surface area contributed by atoms with Crippen LogP contribution in [0.15, 0.2) is 0 Å². The molecule has 8 heavy (non-hydrogen) atoms. The maximum atomic E-state index is 10.1. The van der Waals surface area contributed by atoms with E-state index in [9.17, 15) is 4.79 Å². The van der Waals surface area contributed by atoms with Gasteiger partial charge in [0.15, 0.2) is 0 Å². The SMILES string of the molecule is CC(=O)N(C)C.Cl.O. The zero-order valence-corrected chi connectivity index (χ0v) is 6.08. The zero-order chi connectivity index (χ0) is 5.15. The number of rotatable bonds is 0. The molecule has 0 heterocycles. The van der Waals surface area contributed by atoms with Crippen LogP contribution in [-0.2, 0) is 4.79 Å². The summed E-state index contributed by atoms with van der Waals surface area (Å²) >= 11 is 0. The van der Waals surface area contributed by atoms with Crippen LogP contribution in [0.2, 0.25) is 0 Å². The third-order valence-corrected chi connectivity index (χ3v) is 0.630. The van der Waals surface area contributed by atoms with Crippen molar-refractivity contribution >= 4 is 18.3 Å². The number of amides is 1. The molecule has 0 saturated heterocycles. The minimum atomic E-state index is 0. The molecule has 0 bridgehead atoms. The normalized spacial score (nSPS) is 5.88. The fraction of sp³-hybridized carbons (Fsp3) is 0.750. The Labute approximate surface area is 55.4 Å². The molecule has 0 aromatic carbocycles. The van der Waals surface area contributed by atoms with Gasteiger partial charge in [0.2, 0.25) is 5.91 Å². The summed E-state index contributed by atoms with van der Waals surface area (Å²) in [7, 11) is 3.45. The lowest BCUT2D eigenvalue weighted by Gasteiger charge is -2.02. The third-order valence-electron chi connectivity index (χ3n) is 0.630. The van der Waals surface area contributed by atoms with Crippen molar-refractivity contribution < 1.29 is 10.3 Å². The molecule has 0 aliphatic rings. The lowest BCUT2D eigenvalue weighted by atomic mass is 10.7. The highest BCUT2D eigenvalue weighted by atomic mass is 35.5. The maximum absolute atomic E-state index is 10.1. The molecule has 0 atom stereocenters. The first-order chi connectivity index (χ1) is 2.64. The van der Waals surface area contributed by atoms with Crippen LogP contribution < -0.4 is 0 Å². The second kappa shape index (κ2) is 6.72. The molecule has 2 N–H and O–H groups in total. The van der Waals surface area contributed by atoms with E-state index in [1.54, 1.807) is 14.1 Å². The Hall–Kier alpha value is -0.280. The van der Waals surface area contributed by atoms with Gasteiger partial charge in [0, 0.05) is 21.0 Å². The van der Waals surface area contributed by atoms with Crippen LogP contribution in [0.4, 0.5) is 0 Å². The van der Waals surface area contributed by atoms with Gasteiger partial charge in [0.05, 0.1) is 0 Å². The Bertz CT molecular complexity index is 65.1. The number of hydrogen-bond acceptors (Lipinski definition) is 1. The molecule has 3 nitrogen and oxygen atoms in total. The predicted octanol–water partition coefficient (Wildman–Crippen LogP) is -0.308. The van der Waals surface area contributed by atoms with Crippen molar-refractivity contribution in [3.63, 3.8) is 0 Å². The van der Waals surface area contributed by atoms with E-state index in [0.717, 1.165) is 0 Å². The first kappa shape index (κ1) is 15.6. The van der Waals surface area contributed by atoms with Crippen LogP contribution >= 0.6 is 12.4 Å². The van der Waals surface area contributed by atoms with E-state index in [1.807, 2.05) is 0 Å². The largest absolute Gasteiger partial charge is 0.412 e. The second-order valence-corrected chi connectivity index (χ2v) is 1.41. The van der Waals surface area contributed by atoms with Crippen LogP contribution in [0.5, 0.6) is 0 Å². The monoisotopic (exact) mass is 141 g/mol. The van der Waals surface area contributed by atoms with Crippen LogP contribution in [0.3, 0.4) is 0 Å². The molecule has 4 heteroatoms. The highest BCUT2D eigenvalue weighted by Crippen LogP contribution is 1.69. The summed E-state index contributed by atoms with van der Waals surface area (Å²) in [5, 5.41) is 0. The van der Waals surface area contributed by atoms with E-state index in [0.29, 0.717) is 0 Å². The van der Waals surface area contributed by atoms with Gasteiger partial charge < -0.3 is 10.4 Å². The van der Waals surface area contributed by atoms with Crippen molar-refractivity contribution in [3.8, 4) is 0 Å². The molecular formula is C4H12ClNO2. The number of carbonyl (C=O) groups excluding carboxylic acids is 1. The molecule has 0 aliphatic heterocycles. The number of carbonyl (C=O) groups is 1. The van der Waals surface area contributed by atoms with E-state index in [1.165, 1.54) is 11.8 Å². The molecule has 0 fully saturated rings. The minimum Gasteiger partial charge on any atom is -0.412 e. The molecule has 0 radical (unpaired) electrons. The summed E-state index contributed by atoms with van der Waals surface area (Å²) in [4.78, 5) is 11.6. The molecular weight excluding hydrogens is 130 g/mol. The maximum Gasteiger partial charge on any atom is 0.218 e. The predicted molar refractivity (Wildman–Crippen MR) is 35.2 cm³/mol. The van der Waals surface area contributed by atoms with Crippen LogP contribution in [0, 0.1) is 0 Å². The summed E-state index contributed by atoms with van der Waals surface area (Å²) in [5.41, 5.74) is 0. The number of hydrogen-bond donors (Lipinski definition) is 0. The van der Waals surface area contributed by atoms with Crippen molar-refractivity contribution in [3.05, 3.63) is 0 Å². The van der Waals surface area contributed by atoms with Gasteiger partial charge in [-0.15, -0.1) is 12.4 Å². The molecule has 52 valence electrons. The molecule has 0 aliphatic carbocycles. The number of halogens is 1. The lowest BCUT2D eigenvalue weighted by Crippen LogP contribution is -2.17. The van der Waals surface area contributed by atoms with Gasteiger partial charge in [-0.3, -0.25) is 4.79 Å².